The predicted molar refractivity (Wildman–Crippen MR) is 144 cm³/mol. The molecule has 0 unspecified atom stereocenters. The summed E-state index contributed by atoms with van der Waals surface area (Å²) in [4.78, 5) is 21.9. The predicted octanol–water partition coefficient (Wildman–Crippen LogP) is 9.32. The van der Waals surface area contributed by atoms with E-state index in [1.54, 1.807) is 36.4 Å². The second-order valence-electron chi connectivity index (χ2n) is 8.57. The van der Waals surface area contributed by atoms with Crippen LogP contribution in [0.25, 0.3) is 11.1 Å². The molecule has 0 amide bonds. The second-order valence-corrected chi connectivity index (χ2v) is 9.32. The van der Waals surface area contributed by atoms with E-state index in [0.717, 1.165) is 12.1 Å². The Kier molecular flexibility index (Phi) is 9.45. The van der Waals surface area contributed by atoms with Crippen LogP contribution in [0.2, 0.25) is 10.0 Å². The number of hydrogen-bond acceptors (Lipinski definition) is 4. The Balaban J connectivity index is 1.57. The first-order valence-electron chi connectivity index (χ1n) is 11.8. The summed E-state index contributed by atoms with van der Waals surface area (Å²) in [6, 6.07) is 17.7. The van der Waals surface area contributed by atoms with Crippen LogP contribution in [-0.2, 0) is 13.2 Å². The molecule has 4 nitrogen and oxygen atoms in total. The molecule has 0 fully saturated rings. The van der Waals surface area contributed by atoms with E-state index in [-0.39, 0.29) is 45.9 Å². The Hall–Kier alpha value is -3.88. The van der Waals surface area contributed by atoms with Crippen molar-refractivity contribution >= 4 is 35.8 Å². The fraction of sp³-hybridized carbons (Fsp3) is 0.133. The molecule has 0 aliphatic heterocycles. The number of alkyl halides is 4. The first-order valence-corrected chi connectivity index (χ1v) is 12.5. The minimum atomic E-state index is -2.85. The molecular weight excluding hydrogens is 571 g/mol. The van der Waals surface area contributed by atoms with Crippen LogP contribution in [-0.4, -0.2) is 12.6 Å². The van der Waals surface area contributed by atoms with Crippen molar-refractivity contribution in [2.75, 3.05) is 0 Å². The van der Waals surface area contributed by atoms with Crippen LogP contribution >= 0.6 is 23.2 Å². The van der Waals surface area contributed by atoms with Crippen molar-refractivity contribution in [3.63, 3.8) is 0 Å². The lowest BCUT2D eigenvalue weighted by molar-refractivity contribution is 0.111. The molecule has 206 valence electrons. The summed E-state index contributed by atoms with van der Waals surface area (Å²) < 4.78 is 65.2. The Bertz CT molecular complexity index is 1430. The van der Waals surface area contributed by atoms with Crippen molar-refractivity contribution in [2.45, 2.75) is 26.1 Å². The average molecular weight is 591 g/mol. The first kappa shape index (κ1) is 29.1. The van der Waals surface area contributed by atoms with Crippen LogP contribution in [0.4, 0.5) is 17.6 Å². The SMILES string of the molecule is O=Cc1ccc(OCc2cccc(-c3cccc(COc4ccc(C=O)cc4C(F)F)c3Cl)c2Cl)c(C(F)F)c1. The molecule has 40 heavy (non-hydrogen) atoms. The minimum absolute atomic E-state index is 0.0800. The van der Waals surface area contributed by atoms with Gasteiger partial charge in [0.15, 0.2) is 0 Å². The van der Waals surface area contributed by atoms with E-state index in [1.807, 2.05) is 0 Å². The maximum atomic E-state index is 13.5. The normalized spacial score (nSPS) is 11.1. The monoisotopic (exact) mass is 590 g/mol. The number of ether oxygens (including phenoxy) is 2. The van der Waals surface area contributed by atoms with Crippen LogP contribution in [0, 0.1) is 0 Å². The van der Waals surface area contributed by atoms with Gasteiger partial charge in [-0.05, 0) is 36.4 Å². The van der Waals surface area contributed by atoms with Gasteiger partial charge in [-0.15, -0.1) is 0 Å². The van der Waals surface area contributed by atoms with Crippen molar-refractivity contribution in [3.8, 4) is 22.6 Å². The molecule has 0 heterocycles. The fourth-order valence-corrected chi connectivity index (χ4v) is 4.56. The number of rotatable bonds is 11. The number of benzene rings is 4. The van der Waals surface area contributed by atoms with Crippen LogP contribution in [0.3, 0.4) is 0 Å². The van der Waals surface area contributed by atoms with Crippen LogP contribution in [0.5, 0.6) is 11.5 Å². The Morgan fingerprint density at radius 3 is 1.38 bits per heavy atom. The Labute approximate surface area is 237 Å². The molecule has 4 rings (SSSR count). The molecule has 0 aliphatic rings. The van der Waals surface area contributed by atoms with Gasteiger partial charge in [-0.2, -0.15) is 0 Å². The highest BCUT2D eigenvalue weighted by Gasteiger charge is 2.19. The largest absolute Gasteiger partial charge is 0.488 e. The molecular formula is C30H20Cl2F4O4. The summed E-state index contributed by atoms with van der Waals surface area (Å²) in [5.41, 5.74) is 1.43. The molecule has 0 aromatic heterocycles. The third-order valence-corrected chi connectivity index (χ3v) is 6.92. The molecule has 0 bridgehead atoms. The van der Waals surface area contributed by atoms with Gasteiger partial charge in [0.05, 0.1) is 21.2 Å². The van der Waals surface area contributed by atoms with E-state index >= 15 is 0 Å². The number of carbonyl (C=O) groups excluding carboxylic acids is 2. The first-order chi connectivity index (χ1) is 19.2. The van der Waals surface area contributed by atoms with Crippen molar-refractivity contribution in [2.24, 2.45) is 0 Å². The van der Waals surface area contributed by atoms with Crippen molar-refractivity contribution in [1.29, 1.82) is 0 Å². The van der Waals surface area contributed by atoms with Gasteiger partial charge in [0.1, 0.15) is 37.3 Å². The average Bonchev–Trinajstić information content (AvgIpc) is 2.96. The molecule has 0 spiro atoms. The lowest BCUT2D eigenvalue weighted by atomic mass is 10.0. The lowest BCUT2D eigenvalue weighted by Gasteiger charge is -2.16. The molecule has 0 radical (unpaired) electrons. The molecule has 0 atom stereocenters. The summed E-state index contributed by atoms with van der Waals surface area (Å²) >= 11 is 13.3. The number of aldehydes is 2. The van der Waals surface area contributed by atoms with Crippen molar-refractivity contribution in [3.05, 3.63) is 116 Å². The van der Waals surface area contributed by atoms with Crippen molar-refractivity contribution in [1.82, 2.24) is 0 Å². The molecule has 0 aliphatic carbocycles. The van der Waals surface area contributed by atoms with E-state index in [2.05, 4.69) is 0 Å². The van der Waals surface area contributed by atoms with Gasteiger partial charge in [0.2, 0.25) is 0 Å². The number of hydrogen-bond donors (Lipinski definition) is 0. The van der Waals surface area contributed by atoms with Gasteiger partial charge in [-0.1, -0.05) is 59.6 Å². The highest BCUT2D eigenvalue weighted by Crippen LogP contribution is 2.38. The maximum absolute atomic E-state index is 13.5. The lowest BCUT2D eigenvalue weighted by Crippen LogP contribution is -2.02. The highest BCUT2D eigenvalue weighted by molar-refractivity contribution is 6.37. The molecule has 4 aromatic rings. The zero-order chi connectivity index (χ0) is 28.8. The van der Waals surface area contributed by atoms with Gasteiger partial charge >= 0.3 is 0 Å². The smallest absolute Gasteiger partial charge is 0.267 e. The quantitative estimate of drug-likeness (QED) is 0.129. The third-order valence-electron chi connectivity index (χ3n) is 6.02. The third kappa shape index (κ3) is 6.46. The highest BCUT2D eigenvalue weighted by atomic mass is 35.5. The van der Waals surface area contributed by atoms with Gasteiger partial charge in [0.25, 0.3) is 12.9 Å². The number of carbonyl (C=O) groups is 2. The standard InChI is InChI=1S/C30H20Cl2F4O4/c31-27-19(15-39-25-9-7-17(13-37)11-23(25)29(33)34)3-1-5-21(27)22-6-2-4-20(28(22)32)16-40-26-10-8-18(14-38)12-24(26)30(35)36/h1-14,29-30H,15-16H2. The van der Waals surface area contributed by atoms with E-state index in [4.69, 9.17) is 32.7 Å². The molecule has 10 heteroatoms. The topological polar surface area (TPSA) is 52.6 Å². The summed E-state index contributed by atoms with van der Waals surface area (Å²) in [6.07, 6.45) is -4.75. The Morgan fingerprint density at radius 1 is 0.625 bits per heavy atom. The van der Waals surface area contributed by atoms with Crippen LogP contribution in [0.1, 0.15) is 55.8 Å². The molecule has 4 aromatic carbocycles. The molecule has 0 N–H and O–H groups in total. The summed E-state index contributed by atoms with van der Waals surface area (Å²) in [6.45, 7) is -0.277. The summed E-state index contributed by atoms with van der Waals surface area (Å²) in [5, 5.41) is 0.546. The maximum Gasteiger partial charge on any atom is 0.267 e. The van der Waals surface area contributed by atoms with Crippen LogP contribution < -0.4 is 9.47 Å². The zero-order valence-electron chi connectivity index (χ0n) is 20.6. The Morgan fingerprint density at radius 2 is 1.02 bits per heavy atom. The summed E-state index contributed by atoms with van der Waals surface area (Å²) in [5.74, 6) is -0.160. The second kappa shape index (κ2) is 13.0. The number of halogens is 6. The van der Waals surface area contributed by atoms with Crippen LogP contribution in [0.15, 0.2) is 72.8 Å². The fourth-order valence-electron chi connectivity index (χ4n) is 3.99. The van der Waals surface area contributed by atoms with E-state index in [1.165, 1.54) is 24.3 Å². The minimum Gasteiger partial charge on any atom is -0.488 e. The van der Waals surface area contributed by atoms with Gasteiger partial charge in [-0.25, -0.2) is 17.6 Å². The van der Waals surface area contributed by atoms with Gasteiger partial charge in [0, 0.05) is 33.4 Å². The van der Waals surface area contributed by atoms with Gasteiger partial charge < -0.3 is 9.47 Å². The van der Waals surface area contributed by atoms with Gasteiger partial charge in [-0.3, -0.25) is 9.59 Å². The zero-order valence-corrected chi connectivity index (χ0v) is 22.1. The summed E-state index contributed by atoms with van der Waals surface area (Å²) in [7, 11) is 0. The van der Waals surface area contributed by atoms with E-state index < -0.39 is 24.0 Å². The molecule has 0 saturated heterocycles. The van der Waals surface area contributed by atoms with E-state index in [0.29, 0.717) is 34.8 Å². The molecule has 0 saturated carbocycles. The van der Waals surface area contributed by atoms with Crippen molar-refractivity contribution < 1.29 is 36.6 Å². The van der Waals surface area contributed by atoms with E-state index in [9.17, 15) is 27.2 Å².